The standard InChI is InChI=1S/C28H21FN3O.C14H16GeN.Ir/c1-28(2,3)17-11-13-19(14-12-17)32-24-10-5-4-9-23(24)31-26(32)21-8-6-7-20-22-15-18(29)16-30-27(22)33-25(20)21;1-15(2,3)13-9-10-14(16-11-13)12-7-5-4-6-8-12;/h4-7,9-16H,1-3H3;4-7,9-11H,1-3H3;/q2*-1;. The molecule has 0 N–H and O–H groups in total. The van der Waals surface area contributed by atoms with Crippen LogP contribution in [-0.4, -0.2) is 32.8 Å². The van der Waals surface area contributed by atoms with E-state index in [9.17, 15) is 4.39 Å². The van der Waals surface area contributed by atoms with Gasteiger partial charge in [-0.05, 0) is 41.3 Å². The van der Waals surface area contributed by atoms with Crippen molar-refractivity contribution in [1.29, 1.82) is 0 Å². The number of hydrogen-bond donors (Lipinski definition) is 0. The summed E-state index contributed by atoms with van der Waals surface area (Å²) < 4.78 is 23.5. The molecule has 0 fully saturated rings. The van der Waals surface area contributed by atoms with E-state index in [0.717, 1.165) is 33.4 Å². The molecule has 0 bridgehead atoms. The minimum atomic E-state index is -1.72. The number of benzene rings is 4. The van der Waals surface area contributed by atoms with Crippen molar-refractivity contribution in [3.8, 4) is 28.3 Å². The number of aromatic nitrogens is 4. The van der Waals surface area contributed by atoms with E-state index in [1.54, 1.807) is 0 Å². The third-order valence-corrected chi connectivity index (χ3v) is 12.9. The molecule has 0 aliphatic carbocycles. The van der Waals surface area contributed by atoms with Gasteiger partial charge in [0.25, 0.3) is 0 Å². The average molecular weight is 898 g/mol. The Bertz CT molecular complexity index is 2410. The molecule has 0 aliphatic rings. The van der Waals surface area contributed by atoms with E-state index in [4.69, 9.17) is 9.40 Å². The average Bonchev–Trinajstić information content (AvgIpc) is 3.67. The summed E-state index contributed by atoms with van der Waals surface area (Å²) in [6.07, 6.45) is 3.20. The molecule has 5 nitrogen and oxygen atoms in total. The normalized spacial score (nSPS) is 11.7. The Balaban J connectivity index is 0.000000215. The zero-order chi connectivity index (χ0) is 34.3. The van der Waals surface area contributed by atoms with Gasteiger partial charge >= 0.3 is 99.8 Å². The van der Waals surface area contributed by atoms with Crippen LogP contribution in [0.2, 0.25) is 17.3 Å². The van der Waals surface area contributed by atoms with Gasteiger partial charge in [0.05, 0.1) is 28.6 Å². The summed E-state index contributed by atoms with van der Waals surface area (Å²) in [4.78, 5) is 13.6. The fourth-order valence-electron chi connectivity index (χ4n) is 5.88. The molecule has 0 saturated carbocycles. The van der Waals surface area contributed by atoms with Gasteiger partial charge in [-0.15, -0.1) is 18.2 Å². The number of imidazole rings is 1. The maximum Gasteiger partial charge on any atom is 0 e. The number of pyridine rings is 2. The molecular formula is C42H37FGeIrN4O-2. The van der Waals surface area contributed by atoms with Crippen LogP contribution in [0.3, 0.4) is 0 Å². The van der Waals surface area contributed by atoms with Crippen molar-refractivity contribution in [2.24, 2.45) is 0 Å². The van der Waals surface area contributed by atoms with Crippen molar-refractivity contribution in [3.05, 3.63) is 139 Å². The predicted molar refractivity (Wildman–Crippen MR) is 201 cm³/mol. The minimum Gasteiger partial charge on any atom is 0 e. The Morgan fingerprint density at radius 3 is 2.22 bits per heavy atom. The molecule has 0 spiro atoms. The van der Waals surface area contributed by atoms with Crippen LogP contribution in [-0.2, 0) is 25.5 Å². The van der Waals surface area contributed by atoms with E-state index >= 15 is 0 Å². The monoisotopic (exact) mass is 899 g/mol. The topological polar surface area (TPSA) is 56.7 Å². The third-order valence-electron chi connectivity index (χ3n) is 8.65. The van der Waals surface area contributed by atoms with Crippen molar-refractivity contribution >= 4 is 50.8 Å². The molecule has 1 radical (unpaired) electrons. The fraction of sp³-hybridized carbons (Fsp3) is 0.167. The zero-order valence-electron chi connectivity index (χ0n) is 28.9. The number of rotatable bonds is 4. The van der Waals surface area contributed by atoms with Gasteiger partial charge < -0.3 is 8.98 Å². The summed E-state index contributed by atoms with van der Waals surface area (Å²) >= 11 is -1.72. The van der Waals surface area contributed by atoms with Crippen LogP contribution in [0, 0.1) is 17.9 Å². The Morgan fingerprint density at radius 1 is 0.780 bits per heavy atom. The quantitative estimate of drug-likeness (QED) is 0.130. The molecule has 4 aromatic carbocycles. The van der Waals surface area contributed by atoms with Crippen LogP contribution in [0.4, 0.5) is 4.39 Å². The minimum absolute atomic E-state index is 0. The van der Waals surface area contributed by atoms with Crippen LogP contribution in [0.5, 0.6) is 0 Å². The van der Waals surface area contributed by atoms with Crippen molar-refractivity contribution in [3.63, 3.8) is 0 Å². The Hall–Kier alpha value is -4.43. The molecule has 0 amide bonds. The molecule has 0 unspecified atom stereocenters. The van der Waals surface area contributed by atoms with Crippen LogP contribution < -0.4 is 4.40 Å². The van der Waals surface area contributed by atoms with Gasteiger partial charge in [-0.1, -0.05) is 56.0 Å². The number of hydrogen-bond acceptors (Lipinski definition) is 4. The maximum absolute atomic E-state index is 13.9. The zero-order valence-corrected chi connectivity index (χ0v) is 33.4. The summed E-state index contributed by atoms with van der Waals surface area (Å²) in [5.74, 6) is 7.46. The number of halogens is 1. The number of fused-ring (bicyclic) bond motifs is 4. The van der Waals surface area contributed by atoms with E-state index in [1.165, 1.54) is 22.2 Å². The van der Waals surface area contributed by atoms with Crippen LogP contribution in [0.25, 0.3) is 61.4 Å². The Morgan fingerprint density at radius 2 is 1.54 bits per heavy atom. The summed E-state index contributed by atoms with van der Waals surface area (Å²) in [6, 6.07) is 40.5. The van der Waals surface area contributed by atoms with Gasteiger partial charge in [0.1, 0.15) is 5.82 Å². The molecule has 0 aliphatic heterocycles. The molecule has 8 heteroatoms. The van der Waals surface area contributed by atoms with Crippen molar-refractivity contribution in [1.82, 2.24) is 19.5 Å². The number of nitrogens with zero attached hydrogens (tertiary/aromatic N) is 4. The first-order chi connectivity index (χ1) is 23.5. The van der Waals surface area contributed by atoms with Crippen molar-refractivity contribution in [2.45, 2.75) is 43.5 Å². The predicted octanol–water partition coefficient (Wildman–Crippen LogP) is 10.3. The molecule has 4 aromatic heterocycles. The van der Waals surface area contributed by atoms with E-state index in [0.29, 0.717) is 28.1 Å². The molecule has 0 atom stereocenters. The largest absolute Gasteiger partial charge is 0 e. The van der Waals surface area contributed by atoms with Crippen LogP contribution in [0.1, 0.15) is 26.3 Å². The van der Waals surface area contributed by atoms with Gasteiger partial charge in [-0.2, -0.15) is 0 Å². The van der Waals surface area contributed by atoms with E-state index in [2.05, 4.69) is 107 Å². The molecule has 8 rings (SSSR count). The summed E-state index contributed by atoms with van der Waals surface area (Å²) in [5.41, 5.74) is 7.95. The Labute approximate surface area is 308 Å². The van der Waals surface area contributed by atoms with Crippen LogP contribution in [0.15, 0.2) is 120 Å². The maximum atomic E-state index is 13.9. The molecular weight excluding hydrogens is 860 g/mol. The van der Waals surface area contributed by atoms with E-state index in [-0.39, 0.29) is 25.5 Å². The molecule has 50 heavy (non-hydrogen) atoms. The second kappa shape index (κ2) is 14.1. The summed E-state index contributed by atoms with van der Waals surface area (Å²) in [7, 11) is 0. The van der Waals surface area contributed by atoms with Crippen molar-refractivity contribution in [2.75, 3.05) is 0 Å². The summed E-state index contributed by atoms with van der Waals surface area (Å²) in [6.45, 7) is 6.61. The van der Waals surface area contributed by atoms with Crippen LogP contribution >= 0.6 is 0 Å². The number of para-hydroxylation sites is 2. The van der Waals surface area contributed by atoms with Gasteiger partial charge in [-0.25, -0.2) is 9.37 Å². The van der Waals surface area contributed by atoms with Gasteiger partial charge in [0, 0.05) is 31.2 Å². The smallest absolute Gasteiger partial charge is 0 e. The van der Waals surface area contributed by atoms with Gasteiger partial charge in [0.2, 0.25) is 5.71 Å². The fourth-order valence-corrected chi connectivity index (χ4v) is 8.05. The number of furan rings is 1. The molecule has 0 saturated heterocycles. The van der Waals surface area contributed by atoms with Gasteiger partial charge in [-0.3, -0.25) is 4.98 Å². The van der Waals surface area contributed by atoms with E-state index < -0.39 is 19.1 Å². The third kappa shape index (κ3) is 7.09. The first-order valence-electron chi connectivity index (χ1n) is 16.4. The molecule has 8 aromatic rings. The molecule has 253 valence electrons. The first kappa shape index (κ1) is 35.4. The van der Waals surface area contributed by atoms with Crippen molar-refractivity contribution < 1.29 is 28.9 Å². The Kier molecular flexibility index (Phi) is 9.96. The SMILES string of the molecule is CC(C)(C)c1ccc(-n2c(-c3[c-]ccc4c3oc3ncc(F)cc34)nc3ccccc32)cc1.[CH3][Ge]([CH3])([CH3])[c]1ccc(-c2[c-]cccc2)nc1.[Ir]. The van der Waals surface area contributed by atoms with Gasteiger partial charge in [0.15, 0.2) is 0 Å². The van der Waals surface area contributed by atoms with E-state index in [1.807, 2.05) is 60.8 Å². The molecule has 4 heterocycles. The summed E-state index contributed by atoms with van der Waals surface area (Å²) in [5, 5.41) is 1.42. The first-order valence-corrected chi connectivity index (χ1v) is 23.7. The second-order valence-corrected chi connectivity index (χ2v) is 24.9. The second-order valence-electron chi connectivity index (χ2n) is 14.2.